The van der Waals surface area contributed by atoms with Crippen LogP contribution >= 0.6 is 11.6 Å². The van der Waals surface area contributed by atoms with Crippen molar-refractivity contribution in [1.29, 1.82) is 0 Å². The molecule has 3 rings (SSSR count). The fraction of sp³-hybridized carbons (Fsp3) is 0.316. The second-order valence-electron chi connectivity index (χ2n) is 6.44. The maximum Gasteiger partial charge on any atom is 0.251 e. The molecule has 5 nitrogen and oxygen atoms in total. The topological polar surface area (TPSA) is 75.3 Å². The van der Waals surface area contributed by atoms with E-state index < -0.39 is 10.0 Å². The smallest absolute Gasteiger partial charge is 0.251 e. The van der Waals surface area contributed by atoms with E-state index in [1.807, 2.05) is 12.1 Å². The summed E-state index contributed by atoms with van der Waals surface area (Å²) in [5, 5.41) is 3.45. The van der Waals surface area contributed by atoms with Crippen LogP contribution in [-0.2, 0) is 16.6 Å². The number of benzene rings is 2. The summed E-state index contributed by atoms with van der Waals surface area (Å²) >= 11 is 5.83. The molecule has 0 radical (unpaired) electrons. The predicted molar refractivity (Wildman–Crippen MR) is 102 cm³/mol. The third-order valence-electron chi connectivity index (χ3n) is 4.47. The summed E-state index contributed by atoms with van der Waals surface area (Å²) in [4.78, 5) is 12.4. The average Bonchev–Trinajstić information content (AvgIpc) is 3.13. The standard InChI is InChI=1S/C19H21ClN2O3S/c20-16-9-5-14(6-10-16)13-21-19(23)15-7-11-18(12-8-15)26(24,25)22-17-3-1-2-4-17/h5-12,17,22H,1-4,13H2,(H,21,23). The van der Waals surface area contributed by atoms with Crippen molar-refractivity contribution in [3.05, 3.63) is 64.7 Å². The summed E-state index contributed by atoms with van der Waals surface area (Å²) in [5.74, 6) is -0.257. The molecule has 2 aromatic rings. The number of sulfonamides is 1. The molecule has 138 valence electrons. The number of carbonyl (C=O) groups is 1. The summed E-state index contributed by atoms with van der Waals surface area (Å²) in [6.45, 7) is 0.374. The van der Waals surface area contributed by atoms with Crippen molar-refractivity contribution in [3.8, 4) is 0 Å². The fourth-order valence-electron chi connectivity index (χ4n) is 3.00. The van der Waals surface area contributed by atoms with Crippen molar-refractivity contribution in [2.45, 2.75) is 43.2 Å². The van der Waals surface area contributed by atoms with Crippen molar-refractivity contribution < 1.29 is 13.2 Å². The summed E-state index contributed by atoms with van der Waals surface area (Å²) in [5.41, 5.74) is 1.35. The van der Waals surface area contributed by atoms with Gasteiger partial charge in [0.05, 0.1) is 4.90 Å². The maximum atomic E-state index is 12.4. The lowest BCUT2D eigenvalue weighted by atomic mass is 10.2. The molecule has 1 aliphatic rings. The third-order valence-corrected chi connectivity index (χ3v) is 6.26. The molecule has 2 aromatic carbocycles. The van der Waals surface area contributed by atoms with Crippen LogP contribution in [0.25, 0.3) is 0 Å². The monoisotopic (exact) mass is 392 g/mol. The van der Waals surface area contributed by atoms with Crippen LogP contribution in [0, 0.1) is 0 Å². The Morgan fingerprint density at radius 1 is 1.00 bits per heavy atom. The normalized spacial score (nSPS) is 15.1. The summed E-state index contributed by atoms with van der Waals surface area (Å²) in [6.07, 6.45) is 3.87. The predicted octanol–water partition coefficient (Wildman–Crippen LogP) is 3.49. The molecule has 7 heteroatoms. The number of halogens is 1. The van der Waals surface area contributed by atoms with E-state index in [0.29, 0.717) is 17.1 Å². The first kappa shape index (κ1) is 18.9. The number of nitrogens with one attached hydrogen (secondary N) is 2. The quantitative estimate of drug-likeness (QED) is 0.790. The van der Waals surface area contributed by atoms with Gasteiger partial charge in [0.15, 0.2) is 0 Å². The minimum atomic E-state index is -3.54. The minimum absolute atomic E-state index is 0.0161. The van der Waals surface area contributed by atoms with E-state index in [2.05, 4.69) is 10.0 Å². The second kappa shape index (κ2) is 8.20. The number of carbonyl (C=O) groups excluding carboxylic acids is 1. The van der Waals surface area contributed by atoms with E-state index in [4.69, 9.17) is 11.6 Å². The maximum absolute atomic E-state index is 12.4. The van der Waals surface area contributed by atoms with Gasteiger partial charge in [-0.15, -0.1) is 0 Å². The summed E-state index contributed by atoms with van der Waals surface area (Å²) in [7, 11) is -3.54. The van der Waals surface area contributed by atoms with Crippen LogP contribution in [0.3, 0.4) is 0 Å². The highest BCUT2D eigenvalue weighted by atomic mass is 35.5. The Morgan fingerprint density at radius 3 is 2.23 bits per heavy atom. The van der Waals surface area contributed by atoms with E-state index in [1.165, 1.54) is 24.3 Å². The first-order chi connectivity index (χ1) is 12.4. The Balaban J connectivity index is 1.61. The van der Waals surface area contributed by atoms with Gasteiger partial charge in [0.2, 0.25) is 10.0 Å². The van der Waals surface area contributed by atoms with E-state index in [1.54, 1.807) is 12.1 Å². The molecule has 0 aliphatic heterocycles. The molecule has 0 saturated heterocycles. The first-order valence-electron chi connectivity index (χ1n) is 8.59. The minimum Gasteiger partial charge on any atom is -0.348 e. The Morgan fingerprint density at radius 2 is 1.62 bits per heavy atom. The third kappa shape index (κ3) is 4.84. The van der Waals surface area contributed by atoms with Crippen molar-refractivity contribution in [2.75, 3.05) is 0 Å². The second-order valence-corrected chi connectivity index (χ2v) is 8.59. The summed E-state index contributed by atoms with van der Waals surface area (Å²) < 4.78 is 27.5. The molecular weight excluding hydrogens is 372 g/mol. The van der Waals surface area contributed by atoms with Crippen LogP contribution in [0.5, 0.6) is 0 Å². The highest BCUT2D eigenvalue weighted by molar-refractivity contribution is 7.89. The molecule has 0 heterocycles. The zero-order valence-corrected chi connectivity index (χ0v) is 15.8. The van der Waals surface area contributed by atoms with Gasteiger partial charge in [-0.05, 0) is 54.8 Å². The Hall–Kier alpha value is -1.89. The summed E-state index contributed by atoms with van der Waals surface area (Å²) in [6, 6.07) is 13.2. The van der Waals surface area contributed by atoms with Crippen LogP contribution in [0.15, 0.2) is 53.4 Å². The molecule has 0 unspecified atom stereocenters. The number of hydrogen-bond donors (Lipinski definition) is 2. The van der Waals surface area contributed by atoms with E-state index >= 15 is 0 Å². The van der Waals surface area contributed by atoms with Crippen LogP contribution in [0.4, 0.5) is 0 Å². The molecule has 1 fully saturated rings. The zero-order valence-electron chi connectivity index (χ0n) is 14.2. The molecule has 1 amide bonds. The highest BCUT2D eigenvalue weighted by Gasteiger charge is 2.23. The van der Waals surface area contributed by atoms with Crippen LogP contribution in [-0.4, -0.2) is 20.4 Å². The SMILES string of the molecule is O=C(NCc1ccc(Cl)cc1)c1ccc(S(=O)(=O)NC2CCCC2)cc1. The number of hydrogen-bond acceptors (Lipinski definition) is 3. The Labute approximate surface area is 158 Å². The molecule has 0 spiro atoms. The van der Waals surface area contributed by atoms with E-state index in [9.17, 15) is 13.2 Å². The lowest BCUT2D eigenvalue weighted by Crippen LogP contribution is -2.32. The number of rotatable bonds is 6. The van der Waals surface area contributed by atoms with Crippen molar-refractivity contribution in [3.63, 3.8) is 0 Å². The fourth-order valence-corrected chi connectivity index (χ4v) is 4.43. The molecule has 26 heavy (non-hydrogen) atoms. The van der Waals surface area contributed by atoms with E-state index in [-0.39, 0.29) is 16.8 Å². The first-order valence-corrected chi connectivity index (χ1v) is 10.5. The van der Waals surface area contributed by atoms with Crippen LogP contribution in [0.2, 0.25) is 5.02 Å². The van der Waals surface area contributed by atoms with Crippen LogP contribution < -0.4 is 10.0 Å². The molecule has 2 N–H and O–H groups in total. The van der Waals surface area contributed by atoms with E-state index in [0.717, 1.165) is 31.2 Å². The van der Waals surface area contributed by atoms with Crippen LogP contribution in [0.1, 0.15) is 41.6 Å². The zero-order chi connectivity index (χ0) is 18.6. The molecule has 0 aromatic heterocycles. The van der Waals surface area contributed by atoms with Gasteiger partial charge in [-0.3, -0.25) is 4.79 Å². The average molecular weight is 393 g/mol. The number of amides is 1. The van der Waals surface area contributed by atoms with Crippen molar-refractivity contribution in [2.24, 2.45) is 0 Å². The van der Waals surface area contributed by atoms with Gasteiger partial charge in [0.1, 0.15) is 0 Å². The Bertz CT molecular complexity index is 859. The lowest BCUT2D eigenvalue weighted by Gasteiger charge is -2.13. The molecular formula is C19H21ClN2O3S. The highest BCUT2D eigenvalue weighted by Crippen LogP contribution is 2.20. The van der Waals surface area contributed by atoms with Gasteiger partial charge in [0.25, 0.3) is 5.91 Å². The molecule has 0 bridgehead atoms. The Kier molecular flexibility index (Phi) is 5.96. The van der Waals surface area contributed by atoms with Gasteiger partial charge in [-0.2, -0.15) is 0 Å². The van der Waals surface area contributed by atoms with Crippen molar-refractivity contribution >= 4 is 27.5 Å². The largest absolute Gasteiger partial charge is 0.348 e. The van der Waals surface area contributed by atoms with Gasteiger partial charge >= 0.3 is 0 Å². The van der Waals surface area contributed by atoms with Gasteiger partial charge in [-0.25, -0.2) is 13.1 Å². The van der Waals surface area contributed by atoms with Gasteiger partial charge in [-0.1, -0.05) is 36.6 Å². The van der Waals surface area contributed by atoms with Gasteiger partial charge < -0.3 is 5.32 Å². The van der Waals surface area contributed by atoms with Crippen molar-refractivity contribution in [1.82, 2.24) is 10.0 Å². The van der Waals surface area contributed by atoms with Gasteiger partial charge in [0, 0.05) is 23.2 Å². The molecule has 1 aliphatic carbocycles. The lowest BCUT2D eigenvalue weighted by molar-refractivity contribution is 0.0951. The molecule has 1 saturated carbocycles. The molecule has 0 atom stereocenters.